The van der Waals surface area contributed by atoms with Crippen molar-refractivity contribution < 1.29 is 22.3 Å². The normalized spacial score (nSPS) is 11.8. The van der Waals surface area contributed by atoms with Crippen LogP contribution in [-0.4, -0.2) is 26.1 Å². The van der Waals surface area contributed by atoms with Crippen LogP contribution in [0, 0.1) is 5.82 Å². The van der Waals surface area contributed by atoms with Crippen molar-refractivity contribution in [1.82, 2.24) is 19.7 Å². The first-order valence-corrected chi connectivity index (χ1v) is 8.85. The van der Waals surface area contributed by atoms with Gasteiger partial charge in [0.1, 0.15) is 22.8 Å². The fourth-order valence-corrected chi connectivity index (χ4v) is 3.18. The van der Waals surface area contributed by atoms with E-state index in [2.05, 4.69) is 19.8 Å². The lowest BCUT2D eigenvalue weighted by Gasteiger charge is -2.13. The first-order chi connectivity index (χ1) is 14.2. The Kier molecular flexibility index (Phi) is 4.94. The summed E-state index contributed by atoms with van der Waals surface area (Å²) < 4.78 is 56.6. The van der Waals surface area contributed by atoms with Crippen molar-refractivity contribution in [2.75, 3.05) is 0 Å². The van der Waals surface area contributed by atoms with Crippen LogP contribution in [0.15, 0.2) is 53.5 Å². The molecule has 6 nitrogen and oxygen atoms in total. The topological polar surface area (TPSA) is 72.8 Å². The molecule has 0 spiro atoms. The summed E-state index contributed by atoms with van der Waals surface area (Å²) in [7, 11) is 0. The molecule has 0 saturated heterocycles. The summed E-state index contributed by atoms with van der Waals surface area (Å²) in [6.45, 7) is 0. The maximum Gasteiger partial charge on any atom is 0.573 e. The molecule has 2 aromatic carbocycles. The summed E-state index contributed by atoms with van der Waals surface area (Å²) >= 11 is 6.08. The first-order valence-electron chi connectivity index (χ1n) is 8.47. The van der Waals surface area contributed by atoms with Gasteiger partial charge in [0.05, 0.1) is 16.9 Å². The molecule has 0 radical (unpaired) electrons. The molecule has 0 atom stereocenters. The highest BCUT2D eigenvalue weighted by Crippen LogP contribution is 2.28. The lowest BCUT2D eigenvalue weighted by atomic mass is 10.1. The van der Waals surface area contributed by atoms with Crippen LogP contribution in [-0.2, 0) is 6.42 Å². The van der Waals surface area contributed by atoms with Gasteiger partial charge in [0.25, 0.3) is 5.56 Å². The van der Waals surface area contributed by atoms with Crippen molar-refractivity contribution in [2.45, 2.75) is 12.8 Å². The number of para-hydroxylation sites is 1. The van der Waals surface area contributed by atoms with Gasteiger partial charge in [-0.15, -0.1) is 13.2 Å². The molecule has 0 saturated carbocycles. The van der Waals surface area contributed by atoms with E-state index in [1.54, 1.807) is 0 Å². The number of halogens is 5. The summed E-state index contributed by atoms with van der Waals surface area (Å²) in [6.07, 6.45) is -3.73. The van der Waals surface area contributed by atoms with E-state index in [-0.39, 0.29) is 39.6 Å². The predicted molar refractivity (Wildman–Crippen MR) is 100 cm³/mol. The molecule has 2 heterocycles. The second-order valence-electron chi connectivity index (χ2n) is 6.23. The van der Waals surface area contributed by atoms with Crippen molar-refractivity contribution in [3.63, 3.8) is 0 Å². The Morgan fingerprint density at radius 1 is 1.17 bits per heavy atom. The quantitative estimate of drug-likeness (QED) is 0.480. The third-order valence-electron chi connectivity index (χ3n) is 4.18. The zero-order chi connectivity index (χ0) is 21.5. The Labute approximate surface area is 170 Å². The summed E-state index contributed by atoms with van der Waals surface area (Å²) in [6, 6.07) is 9.17. The Morgan fingerprint density at radius 3 is 2.67 bits per heavy atom. The summed E-state index contributed by atoms with van der Waals surface area (Å²) in [4.78, 5) is 19.3. The first kappa shape index (κ1) is 19.9. The number of H-pyrrole nitrogens is 1. The van der Waals surface area contributed by atoms with Crippen molar-refractivity contribution in [1.29, 1.82) is 0 Å². The number of nitrogens with zero attached hydrogens (tertiary/aromatic N) is 3. The molecule has 4 rings (SSSR count). The summed E-state index contributed by atoms with van der Waals surface area (Å²) in [5.41, 5.74) is 0.0475. The summed E-state index contributed by atoms with van der Waals surface area (Å²) in [5, 5.41) is 4.27. The molecule has 4 aromatic rings. The highest BCUT2D eigenvalue weighted by Gasteiger charge is 2.32. The zero-order valence-electron chi connectivity index (χ0n) is 14.9. The van der Waals surface area contributed by atoms with E-state index < -0.39 is 23.5 Å². The SMILES string of the molecule is O=c1[nH]c(Cc2ccccc2OC(F)(F)F)nc2c1cnn2-c1ccc(F)cc1Cl. The number of hydrogen-bond acceptors (Lipinski definition) is 4. The van der Waals surface area contributed by atoms with Gasteiger partial charge in [-0.1, -0.05) is 29.8 Å². The number of aromatic amines is 1. The van der Waals surface area contributed by atoms with Crippen molar-refractivity contribution >= 4 is 22.6 Å². The number of hydrogen-bond donors (Lipinski definition) is 1. The average Bonchev–Trinajstić information content (AvgIpc) is 3.06. The second kappa shape index (κ2) is 7.45. The molecule has 0 aliphatic heterocycles. The Morgan fingerprint density at radius 2 is 1.93 bits per heavy atom. The van der Waals surface area contributed by atoms with Crippen LogP contribution in [0.25, 0.3) is 16.7 Å². The van der Waals surface area contributed by atoms with Gasteiger partial charge in [0.2, 0.25) is 0 Å². The third kappa shape index (κ3) is 3.99. The number of ether oxygens (including phenoxy) is 1. The third-order valence-corrected chi connectivity index (χ3v) is 4.48. The van der Waals surface area contributed by atoms with Crippen LogP contribution in [0.4, 0.5) is 17.6 Å². The smallest absolute Gasteiger partial charge is 0.405 e. The van der Waals surface area contributed by atoms with Crippen LogP contribution in [0.2, 0.25) is 5.02 Å². The van der Waals surface area contributed by atoms with Gasteiger partial charge in [-0.25, -0.2) is 14.1 Å². The Hall–Kier alpha value is -3.40. The van der Waals surface area contributed by atoms with Crippen LogP contribution in [0.1, 0.15) is 11.4 Å². The lowest BCUT2D eigenvalue weighted by molar-refractivity contribution is -0.274. The largest absolute Gasteiger partial charge is 0.573 e. The summed E-state index contributed by atoms with van der Waals surface area (Å²) in [5.74, 6) is -0.860. The van der Waals surface area contributed by atoms with E-state index in [9.17, 15) is 22.4 Å². The van der Waals surface area contributed by atoms with Gasteiger partial charge >= 0.3 is 6.36 Å². The lowest BCUT2D eigenvalue weighted by Crippen LogP contribution is -2.18. The number of nitrogens with one attached hydrogen (secondary N) is 1. The average molecular weight is 439 g/mol. The number of aromatic nitrogens is 4. The molecule has 0 aliphatic carbocycles. The monoisotopic (exact) mass is 438 g/mol. The molecule has 0 aliphatic rings. The molecule has 0 amide bonds. The van der Waals surface area contributed by atoms with Crippen molar-refractivity contribution in [3.8, 4) is 11.4 Å². The molecule has 0 unspecified atom stereocenters. The zero-order valence-corrected chi connectivity index (χ0v) is 15.6. The molecule has 0 fully saturated rings. The van der Waals surface area contributed by atoms with Gasteiger partial charge < -0.3 is 9.72 Å². The molecule has 2 aromatic heterocycles. The fraction of sp³-hybridized carbons (Fsp3) is 0.105. The highest BCUT2D eigenvalue weighted by atomic mass is 35.5. The van der Waals surface area contributed by atoms with Gasteiger partial charge in [0, 0.05) is 12.0 Å². The minimum absolute atomic E-state index is 0.0487. The minimum atomic E-state index is -4.86. The minimum Gasteiger partial charge on any atom is -0.405 e. The number of benzene rings is 2. The Bertz CT molecular complexity index is 1300. The van der Waals surface area contributed by atoms with Gasteiger partial charge in [0.15, 0.2) is 5.65 Å². The molecule has 1 N–H and O–H groups in total. The van der Waals surface area contributed by atoms with Crippen molar-refractivity contribution in [3.05, 3.63) is 81.2 Å². The van der Waals surface area contributed by atoms with Crippen LogP contribution in [0.3, 0.4) is 0 Å². The van der Waals surface area contributed by atoms with Crippen LogP contribution in [0.5, 0.6) is 5.75 Å². The van der Waals surface area contributed by atoms with Crippen molar-refractivity contribution in [2.24, 2.45) is 0 Å². The van der Waals surface area contributed by atoms with E-state index >= 15 is 0 Å². The molecule has 30 heavy (non-hydrogen) atoms. The fourth-order valence-electron chi connectivity index (χ4n) is 2.93. The van der Waals surface area contributed by atoms with Gasteiger partial charge in [-0.3, -0.25) is 4.79 Å². The van der Waals surface area contributed by atoms with E-state index in [4.69, 9.17) is 11.6 Å². The molecular weight excluding hydrogens is 428 g/mol. The Balaban J connectivity index is 1.78. The standard InChI is InChI=1S/C19H11ClF4N4O2/c20-13-8-11(21)5-6-14(13)28-17-12(9-25-28)18(29)27-16(26-17)7-10-3-1-2-4-15(10)30-19(22,23)24/h1-6,8-9H,7H2,(H,26,27,29). The van der Waals surface area contributed by atoms with Gasteiger partial charge in [-0.05, 0) is 24.3 Å². The van der Waals surface area contributed by atoms with E-state index in [1.807, 2.05) is 0 Å². The number of rotatable bonds is 4. The molecule has 0 bridgehead atoms. The molecule has 154 valence electrons. The second-order valence-corrected chi connectivity index (χ2v) is 6.64. The van der Waals surface area contributed by atoms with Crippen LogP contribution >= 0.6 is 11.6 Å². The molecular formula is C19H11ClF4N4O2. The molecule has 11 heteroatoms. The maximum atomic E-state index is 13.4. The van der Waals surface area contributed by atoms with E-state index in [0.29, 0.717) is 0 Å². The number of alkyl halides is 3. The maximum absolute atomic E-state index is 13.4. The van der Waals surface area contributed by atoms with E-state index in [1.165, 1.54) is 47.3 Å². The highest BCUT2D eigenvalue weighted by molar-refractivity contribution is 6.32. The predicted octanol–water partition coefficient (Wildman–Crippen LogP) is 4.39. The number of fused-ring (bicyclic) bond motifs is 1. The van der Waals surface area contributed by atoms with Crippen LogP contribution < -0.4 is 10.3 Å². The van der Waals surface area contributed by atoms with E-state index in [0.717, 1.165) is 6.07 Å². The van der Waals surface area contributed by atoms with Gasteiger partial charge in [-0.2, -0.15) is 5.10 Å².